The number of nitrogens with zero attached hydrogens (tertiary/aromatic N) is 1. The molecule has 2 aliphatic rings. The molecule has 166 valence electrons. The van der Waals surface area contributed by atoms with Crippen LogP contribution in [0.25, 0.3) is 6.08 Å². The number of anilines is 1. The SMILES string of the molecule is COc1ccccc1C=C1Sc2ccc(C(=O)NCCC3=CCCCC3)cc2N(C)C1=O. The van der Waals surface area contributed by atoms with E-state index in [0.717, 1.165) is 41.2 Å². The van der Waals surface area contributed by atoms with Crippen LogP contribution >= 0.6 is 11.8 Å². The summed E-state index contributed by atoms with van der Waals surface area (Å²) in [6.07, 6.45) is 9.88. The van der Waals surface area contributed by atoms with Crippen LogP contribution in [0, 0.1) is 0 Å². The fourth-order valence-electron chi connectivity index (χ4n) is 4.03. The van der Waals surface area contributed by atoms with Crippen molar-refractivity contribution < 1.29 is 14.3 Å². The highest BCUT2D eigenvalue weighted by atomic mass is 32.2. The van der Waals surface area contributed by atoms with Gasteiger partial charge in [0.15, 0.2) is 0 Å². The van der Waals surface area contributed by atoms with Crippen molar-refractivity contribution in [3.8, 4) is 5.75 Å². The number of hydrogen-bond acceptors (Lipinski definition) is 4. The van der Waals surface area contributed by atoms with E-state index in [1.165, 1.54) is 30.2 Å². The molecule has 1 N–H and O–H groups in total. The number of hydrogen-bond donors (Lipinski definition) is 1. The number of fused-ring (bicyclic) bond motifs is 1. The molecule has 1 heterocycles. The van der Waals surface area contributed by atoms with E-state index in [1.54, 1.807) is 25.1 Å². The van der Waals surface area contributed by atoms with Crippen LogP contribution < -0.4 is 15.0 Å². The Labute approximate surface area is 193 Å². The summed E-state index contributed by atoms with van der Waals surface area (Å²) in [7, 11) is 3.36. The Balaban J connectivity index is 1.48. The number of rotatable bonds is 6. The molecule has 1 aliphatic heterocycles. The van der Waals surface area contributed by atoms with Gasteiger partial charge in [0.05, 0.1) is 17.7 Å². The van der Waals surface area contributed by atoms with Crippen molar-refractivity contribution in [2.75, 3.05) is 25.6 Å². The van der Waals surface area contributed by atoms with Crippen molar-refractivity contribution in [1.82, 2.24) is 5.32 Å². The van der Waals surface area contributed by atoms with Gasteiger partial charge in [0.25, 0.3) is 11.8 Å². The minimum Gasteiger partial charge on any atom is -0.496 e. The zero-order chi connectivity index (χ0) is 22.5. The molecule has 1 aliphatic carbocycles. The van der Waals surface area contributed by atoms with E-state index in [4.69, 9.17) is 4.74 Å². The number of allylic oxidation sites excluding steroid dienone is 1. The largest absolute Gasteiger partial charge is 0.496 e. The maximum Gasteiger partial charge on any atom is 0.264 e. The average molecular weight is 449 g/mol. The smallest absolute Gasteiger partial charge is 0.264 e. The monoisotopic (exact) mass is 448 g/mol. The maximum atomic E-state index is 13.0. The molecule has 0 saturated heterocycles. The van der Waals surface area contributed by atoms with Gasteiger partial charge in [-0.05, 0) is 62.4 Å². The minimum atomic E-state index is -0.106. The van der Waals surface area contributed by atoms with Crippen molar-refractivity contribution in [3.63, 3.8) is 0 Å². The van der Waals surface area contributed by atoms with Crippen molar-refractivity contribution in [2.24, 2.45) is 0 Å². The van der Waals surface area contributed by atoms with Gasteiger partial charge in [-0.1, -0.05) is 41.6 Å². The van der Waals surface area contributed by atoms with Gasteiger partial charge in [0.1, 0.15) is 5.75 Å². The van der Waals surface area contributed by atoms with Crippen molar-refractivity contribution in [2.45, 2.75) is 37.0 Å². The lowest BCUT2D eigenvalue weighted by molar-refractivity contribution is -0.114. The Morgan fingerprint density at radius 2 is 2.06 bits per heavy atom. The number of likely N-dealkylation sites (N-methyl/N-ethyl adjacent to an activating group) is 1. The molecule has 0 radical (unpaired) electrons. The summed E-state index contributed by atoms with van der Waals surface area (Å²) in [4.78, 5) is 28.8. The van der Waals surface area contributed by atoms with Gasteiger partial charge >= 0.3 is 0 Å². The first-order valence-electron chi connectivity index (χ1n) is 11.0. The standard InChI is InChI=1S/C26H28N2O3S/c1-28-21-16-20(25(29)27-15-14-18-8-4-3-5-9-18)12-13-23(21)32-24(26(28)30)17-19-10-6-7-11-22(19)31-2/h6-8,10-13,16-17H,3-5,9,14-15H2,1-2H3,(H,27,29). The Morgan fingerprint density at radius 1 is 1.22 bits per heavy atom. The summed E-state index contributed by atoms with van der Waals surface area (Å²) in [5.74, 6) is 0.512. The number of methoxy groups -OCH3 is 1. The predicted octanol–water partition coefficient (Wildman–Crippen LogP) is 5.43. The van der Waals surface area contributed by atoms with Gasteiger partial charge in [-0.25, -0.2) is 0 Å². The molecule has 0 fully saturated rings. The Morgan fingerprint density at radius 3 is 2.84 bits per heavy atom. The number of benzene rings is 2. The highest BCUT2D eigenvalue weighted by Crippen LogP contribution is 2.42. The molecule has 0 aromatic heterocycles. The van der Waals surface area contributed by atoms with Crippen LogP contribution in [-0.2, 0) is 4.79 Å². The zero-order valence-corrected chi connectivity index (χ0v) is 19.3. The van der Waals surface area contributed by atoms with Crippen LogP contribution in [0.3, 0.4) is 0 Å². The van der Waals surface area contributed by atoms with Gasteiger partial charge < -0.3 is 15.0 Å². The number of ether oxygens (including phenoxy) is 1. The van der Waals surface area contributed by atoms with E-state index < -0.39 is 0 Å². The molecule has 2 aromatic carbocycles. The molecule has 2 amide bonds. The van der Waals surface area contributed by atoms with Crippen LogP contribution in [0.5, 0.6) is 5.75 Å². The van der Waals surface area contributed by atoms with Crippen molar-refractivity contribution in [1.29, 1.82) is 0 Å². The molecular formula is C26H28N2O3S. The number of amides is 2. The fourth-order valence-corrected chi connectivity index (χ4v) is 5.12. The van der Waals surface area contributed by atoms with E-state index >= 15 is 0 Å². The van der Waals surface area contributed by atoms with Crippen LogP contribution in [0.1, 0.15) is 48.0 Å². The molecule has 0 spiro atoms. The van der Waals surface area contributed by atoms with Crippen LogP contribution in [0.4, 0.5) is 5.69 Å². The van der Waals surface area contributed by atoms with Crippen molar-refractivity contribution in [3.05, 3.63) is 70.1 Å². The first-order chi connectivity index (χ1) is 15.6. The molecule has 0 saturated carbocycles. The lowest BCUT2D eigenvalue weighted by atomic mass is 9.97. The molecule has 0 atom stereocenters. The van der Waals surface area contributed by atoms with E-state index in [9.17, 15) is 9.59 Å². The molecule has 0 bridgehead atoms. The predicted molar refractivity (Wildman–Crippen MR) is 130 cm³/mol. The fraction of sp³-hybridized carbons (Fsp3) is 0.308. The molecule has 6 heteroatoms. The Kier molecular flexibility index (Phi) is 7.00. The second kappa shape index (κ2) is 10.1. The highest BCUT2D eigenvalue weighted by molar-refractivity contribution is 8.04. The number of thioether (sulfide) groups is 1. The van der Waals surface area contributed by atoms with Gasteiger partial charge in [-0.2, -0.15) is 0 Å². The maximum absolute atomic E-state index is 13.0. The molecular weight excluding hydrogens is 420 g/mol. The third-order valence-corrected chi connectivity index (χ3v) is 6.94. The summed E-state index contributed by atoms with van der Waals surface area (Å²) in [6, 6.07) is 13.2. The highest BCUT2D eigenvalue weighted by Gasteiger charge is 2.27. The first-order valence-corrected chi connectivity index (χ1v) is 11.8. The summed E-state index contributed by atoms with van der Waals surface area (Å²) >= 11 is 1.42. The molecule has 0 unspecified atom stereocenters. The number of carbonyl (C=O) groups excluding carboxylic acids is 2. The normalized spacial score (nSPS) is 17.1. The molecule has 2 aromatic rings. The second-order valence-electron chi connectivity index (χ2n) is 8.01. The van der Waals surface area contributed by atoms with Gasteiger partial charge in [0.2, 0.25) is 0 Å². The Bertz CT molecular complexity index is 1090. The molecule has 32 heavy (non-hydrogen) atoms. The number of nitrogens with one attached hydrogen (secondary N) is 1. The van der Waals surface area contributed by atoms with Crippen LogP contribution in [-0.4, -0.2) is 32.5 Å². The number of para-hydroxylation sites is 1. The van der Waals surface area contributed by atoms with E-state index in [0.29, 0.717) is 17.0 Å². The lowest BCUT2D eigenvalue weighted by Crippen LogP contribution is -2.31. The lowest BCUT2D eigenvalue weighted by Gasteiger charge is -2.27. The number of carbonyl (C=O) groups is 2. The Hall–Kier alpha value is -2.99. The van der Waals surface area contributed by atoms with E-state index in [2.05, 4.69) is 11.4 Å². The van der Waals surface area contributed by atoms with Gasteiger partial charge in [-0.3, -0.25) is 9.59 Å². The van der Waals surface area contributed by atoms with Gasteiger partial charge in [0, 0.05) is 29.6 Å². The third kappa shape index (κ3) is 4.91. The quantitative estimate of drug-likeness (QED) is 0.473. The second-order valence-corrected chi connectivity index (χ2v) is 9.10. The van der Waals surface area contributed by atoms with Crippen molar-refractivity contribution >= 4 is 35.3 Å². The first kappa shape index (κ1) is 22.2. The van der Waals surface area contributed by atoms with E-state index in [-0.39, 0.29) is 11.8 Å². The van der Waals surface area contributed by atoms with Gasteiger partial charge in [-0.15, -0.1) is 0 Å². The summed E-state index contributed by atoms with van der Waals surface area (Å²) in [6.45, 7) is 0.636. The van der Waals surface area contributed by atoms with E-state index in [1.807, 2.05) is 42.5 Å². The topological polar surface area (TPSA) is 58.6 Å². The van der Waals surface area contributed by atoms with Crippen LogP contribution in [0.15, 0.2) is 63.9 Å². The minimum absolute atomic E-state index is 0.102. The molecule has 5 nitrogen and oxygen atoms in total. The summed E-state index contributed by atoms with van der Waals surface area (Å²) in [5, 5.41) is 3.02. The summed E-state index contributed by atoms with van der Waals surface area (Å²) < 4.78 is 5.40. The zero-order valence-electron chi connectivity index (χ0n) is 18.5. The van der Waals surface area contributed by atoms with Crippen LogP contribution in [0.2, 0.25) is 0 Å². The summed E-state index contributed by atoms with van der Waals surface area (Å²) in [5.41, 5.74) is 3.61. The molecule has 4 rings (SSSR count). The third-order valence-electron chi connectivity index (χ3n) is 5.86. The average Bonchev–Trinajstić information content (AvgIpc) is 2.83.